The maximum atomic E-state index is 12.8. The molecule has 0 aromatic heterocycles. The van der Waals surface area contributed by atoms with Crippen molar-refractivity contribution in [3.8, 4) is 0 Å². The summed E-state index contributed by atoms with van der Waals surface area (Å²) in [6.07, 6.45) is 3.70. The van der Waals surface area contributed by atoms with Crippen LogP contribution in [0.2, 0.25) is 0 Å². The number of benzene rings is 1. The molecule has 34 heavy (non-hydrogen) atoms. The molecule has 0 aliphatic carbocycles. The van der Waals surface area contributed by atoms with Crippen molar-refractivity contribution < 1.29 is 24.0 Å². The Labute approximate surface area is 202 Å². The minimum absolute atomic E-state index is 0.109. The van der Waals surface area contributed by atoms with E-state index in [0.29, 0.717) is 11.7 Å². The molecule has 3 rings (SSSR count). The average molecular weight is 487 g/mol. The molecule has 1 aromatic rings. The Morgan fingerprint density at radius 3 is 2.71 bits per heavy atom. The summed E-state index contributed by atoms with van der Waals surface area (Å²) < 4.78 is 0. The van der Waals surface area contributed by atoms with Gasteiger partial charge in [-0.2, -0.15) is 16.6 Å². The van der Waals surface area contributed by atoms with Crippen molar-refractivity contribution >= 4 is 41.6 Å². The molecule has 0 bridgehead atoms. The van der Waals surface area contributed by atoms with Crippen LogP contribution in [0.15, 0.2) is 30.3 Å². The van der Waals surface area contributed by atoms with Crippen molar-refractivity contribution in [1.29, 1.82) is 0 Å². The lowest BCUT2D eigenvalue weighted by Crippen LogP contribution is -2.51. The van der Waals surface area contributed by atoms with Gasteiger partial charge in [0.2, 0.25) is 11.8 Å². The second-order valence-electron chi connectivity index (χ2n) is 8.55. The highest BCUT2D eigenvalue weighted by molar-refractivity contribution is 8.00. The van der Waals surface area contributed by atoms with Crippen LogP contribution < -0.4 is 21.3 Å². The van der Waals surface area contributed by atoms with E-state index >= 15 is 0 Å². The molecular weight excluding hydrogens is 456 g/mol. The van der Waals surface area contributed by atoms with Gasteiger partial charge in [0.1, 0.15) is 6.04 Å². The van der Waals surface area contributed by atoms with Crippen molar-refractivity contribution in [2.24, 2.45) is 0 Å². The molecule has 4 amide bonds. The second kappa shape index (κ2) is 12.3. The van der Waals surface area contributed by atoms with Gasteiger partial charge in [0.05, 0.1) is 18.1 Å². The van der Waals surface area contributed by atoms with Crippen molar-refractivity contribution in [3.63, 3.8) is 0 Å². The first-order valence-corrected chi connectivity index (χ1v) is 12.5. The summed E-state index contributed by atoms with van der Waals surface area (Å²) in [5, 5.41) is 11.6. The molecule has 0 spiro atoms. The van der Waals surface area contributed by atoms with E-state index in [1.165, 1.54) is 6.92 Å². The van der Waals surface area contributed by atoms with Crippen molar-refractivity contribution in [2.45, 2.75) is 68.4 Å². The van der Waals surface area contributed by atoms with Gasteiger partial charge in [-0.05, 0) is 25.3 Å². The monoisotopic (exact) mass is 486 g/mol. The van der Waals surface area contributed by atoms with Gasteiger partial charge in [0.15, 0.2) is 0 Å². The molecule has 2 fully saturated rings. The molecule has 11 heteroatoms. The van der Waals surface area contributed by atoms with E-state index in [2.05, 4.69) is 26.1 Å². The standard InChI is InChI=1S/C23H30N6O4S/c1-14(18(30)12-25-24)26-22(32)16(11-15-7-3-2-4-8-15)27-20(31)10-6-5-9-19-21-17(13-34-19)28-23(33)29-21/h2-4,7-8,12,14,16-17,19,21H,5-6,9-11,13H2,1H3,(H,26,32)(H,27,31)(H2,28,29,33)/t14?,16?,17?,19-,21?/m0/s1. The zero-order valence-electron chi connectivity index (χ0n) is 19.0. The molecule has 182 valence electrons. The highest BCUT2D eigenvalue weighted by Crippen LogP contribution is 2.33. The van der Waals surface area contributed by atoms with Crippen LogP contribution in [0.4, 0.5) is 4.79 Å². The van der Waals surface area contributed by atoms with Gasteiger partial charge in [-0.15, -0.1) is 0 Å². The molecule has 2 saturated heterocycles. The number of unbranched alkanes of at least 4 members (excludes halogenated alkanes) is 1. The van der Waals surface area contributed by atoms with E-state index in [1.807, 2.05) is 42.1 Å². The van der Waals surface area contributed by atoms with Gasteiger partial charge < -0.3 is 26.8 Å². The van der Waals surface area contributed by atoms with Gasteiger partial charge in [-0.25, -0.2) is 4.79 Å². The molecular formula is C23H30N6O4S. The molecule has 5 atom stereocenters. The van der Waals surface area contributed by atoms with Crippen molar-refractivity contribution in [2.75, 3.05) is 5.75 Å². The number of hydrogen-bond acceptors (Lipinski definition) is 5. The Kier molecular flexibility index (Phi) is 9.24. The number of rotatable bonds is 12. The van der Waals surface area contributed by atoms with Crippen LogP contribution in [0.3, 0.4) is 0 Å². The Morgan fingerprint density at radius 1 is 1.21 bits per heavy atom. The number of thioether (sulfide) groups is 1. The number of nitrogens with zero attached hydrogens (tertiary/aromatic N) is 2. The molecule has 2 aliphatic heterocycles. The first-order valence-electron chi connectivity index (χ1n) is 11.4. The molecule has 2 aliphatic rings. The quantitative estimate of drug-likeness (QED) is 0.113. The number of carbonyl (C=O) groups is 4. The molecule has 0 saturated carbocycles. The van der Waals surface area contributed by atoms with E-state index in [0.717, 1.165) is 30.4 Å². The maximum absolute atomic E-state index is 12.8. The molecule has 1 aromatic carbocycles. The summed E-state index contributed by atoms with van der Waals surface area (Å²) in [5.41, 5.74) is 9.40. The van der Waals surface area contributed by atoms with E-state index in [9.17, 15) is 19.2 Å². The molecule has 4 unspecified atom stereocenters. The zero-order chi connectivity index (χ0) is 24.5. The van der Waals surface area contributed by atoms with Gasteiger partial charge >= 0.3 is 12.2 Å². The minimum atomic E-state index is -0.892. The Morgan fingerprint density at radius 2 is 1.97 bits per heavy atom. The Hall–Kier alpha value is -3.17. The summed E-state index contributed by atoms with van der Waals surface area (Å²) in [7, 11) is 0. The lowest BCUT2D eigenvalue weighted by Gasteiger charge is -2.20. The van der Waals surface area contributed by atoms with Crippen molar-refractivity contribution in [1.82, 2.24) is 21.3 Å². The smallest absolute Gasteiger partial charge is 0.325 e. The SMILES string of the molecule is CC(NC(=O)C(Cc1ccccc1)NC(=O)CCCC[C@@H]1SCC2NC(=O)NC21)C(=O)C=[N+]=[N-]. The van der Waals surface area contributed by atoms with E-state index in [1.54, 1.807) is 0 Å². The largest absolute Gasteiger partial charge is 0.361 e. The normalized spacial score (nSPS) is 22.4. The topological polar surface area (TPSA) is 153 Å². The van der Waals surface area contributed by atoms with Crippen LogP contribution in [0.1, 0.15) is 38.2 Å². The van der Waals surface area contributed by atoms with Crippen LogP contribution in [0, 0.1) is 0 Å². The fraction of sp³-hybridized carbons (Fsp3) is 0.522. The third kappa shape index (κ3) is 7.16. The fourth-order valence-corrected chi connectivity index (χ4v) is 5.70. The third-order valence-electron chi connectivity index (χ3n) is 5.99. The molecule has 0 radical (unpaired) electrons. The fourth-order valence-electron chi connectivity index (χ4n) is 4.15. The number of fused-ring (bicyclic) bond motifs is 1. The first kappa shape index (κ1) is 25.5. The van der Waals surface area contributed by atoms with E-state index in [-0.39, 0.29) is 36.9 Å². The van der Waals surface area contributed by atoms with Gasteiger partial charge in [-0.3, -0.25) is 14.4 Å². The van der Waals surface area contributed by atoms with E-state index < -0.39 is 23.8 Å². The third-order valence-corrected chi connectivity index (χ3v) is 7.49. The number of carbonyl (C=O) groups excluding carboxylic acids is 4. The number of urea groups is 1. The Balaban J connectivity index is 1.49. The van der Waals surface area contributed by atoms with E-state index in [4.69, 9.17) is 5.53 Å². The summed E-state index contributed by atoms with van der Waals surface area (Å²) in [6.45, 7) is 1.48. The maximum Gasteiger partial charge on any atom is 0.325 e. The highest BCUT2D eigenvalue weighted by Gasteiger charge is 2.42. The Bertz CT molecular complexity index is 952. The molecule has 10 nitrogen and oxygen atoms in total. The zero-order valence-corrected chi connectivity index (χ0v) is 19.8. The van der Waals surface area contributed by atoms with Gasteiger partial charge in [0, 0.05) is 23.8 Å². The minimum Gasteiger partial charge on any atom is -0.361 e. The number of amides is 4. The predicted octanol–water partition coefficient (Wildman–Crippen LogP) is 0.814. The van der Waals surface area contributed by atoms with Crippen LogP contribution in [-0.4, -0.2) is 69.8 Å². The highest BCUT2D eigenvalue weighted by atomic mass is 32.2. The van der Waals surface area contributed by atoms with Crippen LogP contribution in [-0.2, 0) is 20.8 Å². The number of nitrogens with one attached hydrogen (secondary N) is 4. The lowest BCUT2D eigenvalue weighted by molar-refractivity contribution is -0.130. The number of ketones is 1. The van der Waals surface area contributed by atoms with Gasteiger partial charge in [0.25, 0.3) is 5.78 Å². The summed E-state index contributed by atoms with van der Waals surface area (Å²) in [6, 6.07) is 7.77. The summed E-state index contributed by atoms with van der Waals surface area (Å²) in [4.78, 5) is 51.4. The molecule has 4 N–H and O–H groups in total. The summed E-state index contributed by atoms with van der Waals surface area (Å²) in [5.74, 6) is -0.376. The number of hydrogen-bond donors (Lipinski definition) is 4. The summed E-state index contributed by atoms with van der Waals surface area (Å²) >= 11 is 1.84. The van der Waals surface area contributed by atoms with Crippen molar-refractivity contribution in [3.05, 3.63) is 41.4 Å². The lowest BCUT2D eigenvalue weighted by atomic mass is 10.0. The van der Waals surface area contributed by atoms with Gasteiger partial charge in [-0.1, -0.05) is 36.8 Å². The first-order chi connectivity index (χ1) is 16.4. The predicted molar refractivity (Wildman–Crippen MR) is 128 cm³/mol. The van der Waals surface area contributed by atoms with Crippen LogP contribution in [0.5, 0.6) is 0 Å². The van der Waals surface area contributed by atoms with Crippen LogP contribution >= 0.6 is 11.8 Å². The number of Topliss-reactive ketones (excluding diaryl/α,β-unsaturated/α-hetero) is 1. The molecule has 2 heterocycles. The second-order valence-corrected chi connectivity index (χ2v) is 9.83. The average Bonchev–Trinajstić information content (AvgIpc) is 3.36. The van der Waals surface area contributed by atoms with Crippen LogP contribution in [0.25, 0.3) is 5.53 Å².